The predicted molar refractivity (Wildman–Crippen MR) is 100.0 cm³/mol. The van der Waals surface area contributed by atoms with E-state index in [2.05, 4.69) is 0 Å². The van der Waals surface area contributed by atoms with Crippen LogP contribution in [0, 0.1) is 5.92 Å². The summed E-state index contributed by atoms with van der Waals surface area (Å²) in [5, 5.41) is 0. The number of rotatable bonds is 8. The van der Waals surface area contributed by atoms with E-state index >= 15 is 0 Å². The van der Waals surface area contributed by atoms with E-state index in [1.165, 1.54) is 25.3 Å². The van der Waals surface area contributed by atoms with E-state index in [1.54, 1.807) is 20.8 Å². The Morgan fingerprint density at radius 3 is 2.48 bits per heavy atom. The number of carbonyl (C=O) groups is 2. The third kappa shape index (κ3) is 6.51. The van der Waals surface area contributed by atoms with Crippen molar-refractivity contribution in [2.45, 2.75) is 39.2 Å². The topological polar surface area (TPSA) is 102 Å². The number of carbonyl (C=O) groups excluding carboxylic acids is 2. The molecule has 1 unspecified atom stereocenters. The fraction of sp³-hybridized carbons (Fsp3) is 0.556. The molecule has 1 aliphatic rings. The number of benzene rings is 1. The first-order chi connectivity index (χ1) is 12.6. The van der Waals surface area contributed by atoms with Crippen molar-refractivity contribution in [2.24, 2.45) is 5.92 Å². The van der Waals surface area contributed by atoms with Gasteiger partial charge >= 0.3 is 11.9 Å². The van der Waals surface area contributed by atoms with Gasteiger partial charge in [0.05, 0.1) is 25.0 Å². The summed E-state index contributed by atoms with van der Waals surface area (Å²) in [6, 6.07) is 4.34. The molecular weight excluding hydrogens is 374 g/mol. The molecule has 0 aliphatic heterocycles. The van der Waals surface area contributed by atoms with E-state index in [0.717, 1.165) is 17.1 Å². The van der Waals surface area contributed by atoms with E-state index in [4.69, 9.17) is 14.2 Å². The van der Waals surface area contributed by atoms with Gasteiger partial charge in [-0.05, 0) is 57.7 Å². The van der Waals surface area contributed by atoms with Crippen LogP contribution in [0.5, 0.6) is 5.75 Å². The minimum absolute atomic E-state index is 0.218. The molecule has 0 bridgehead atoms. The van der Waals surface area contributed by atoms with Crippen LogP contribution in [0.1, 0.15) is 44.0 Å². The predicted octanol–water partition coefficient (Wildman–Crippen LogP) is 2.55. The van der Waals surface area contributed by atoms with Crippen LogP contribution < -0.4 is 9.04 Å². The number of hydrogen-bond acceptors (Lipinski definition) is 6. The van der Waals surface area contributed by atoms with E-state index in [9.17, 15) is 18.4 Å². The Hall–Kier alpha value is -2.13. The number of ether oxygens (including phenoxy) is 3. The summed E-state index contributed by atoms with van der Waals surface area (Å²) in [5.41, 5.74) is -0.261. The zero-order valence-corrected chi connectivity index (χ0v) is 16.7. The molecular formula is C18H25NO7S. The second-order valence-corrected chi connectivity index (χ2v) is 8.18. The van der Waals surface area contributed by atoms with Crippen molar-refractivity contribution in [1.29, 1.82) is 0 Å². The Morgan fingerprint density at radius 2 is 1.96 bits per heavy atom. The van der Waals surface area contributed by atoms with Crippen LogP contribution in [0.15, 0.2) is 18.2 Å². The van der Waals surface area contributed by atoms with Gasteiger partial charge in [-0.2, -0.15) is 0 Å². The highest BCUT2D eigenvalue weighted by atomic mass is 32.2. The van der Waals surface area contributed by atoms with Crippen molar-refractivity contribution in [1.82, 2.24) is 0 Å². The molecule has 27 heavy (non-hydrogen) atoms. The second kappa shape index (κ2) is 8.71. The summed E-state index contributed by atoms with van der Waals surface area (Å²) < 4.78 is 38.2. The molecule has 1 saturated carbocycles. The van der Waals surface area contributed by atoms with Crippen molar-refractivity contribution in [3.8, 4) is 5.75 Å². The molecule has 0 heterocycles. The van der Waals surface area contributed by atoms with Gasteiger partial charge in [0.15, 0.2) is 0 Å². The van der Waals surface area contributed by atoms with Gasteiger partial charge in [0.1, 0.15) is 17.9 Å². The van der Waals surface area contributed by atoms with Crippen molar-refractivity contribution < 1.29 is 32.6 Å². The van der Waals surface area contributed by atoms with Crippen molar-refractivity contribution in [3.05, 3.63) is 23.8 Å². The zero-order chi connectivity index (χ0) is 20.2. The fourth-order valence-electron chi connectivity index (χ4n) is 2.29. The van der Waals surface area contributed by atoms with Crippen LogP contribution in [0.4, 0.5) is 5.69 Å². The van der Waals surface area contributed by atoms with Gasteiger partial charge in [-0.3, -0.25) is 13.7 Å². The maximum Gasteiger partial charge on any atom is 0.337 e. The van der Waals surface area contributed by atoms with Gasteiger partial charge in [0.25, 0.3) is 11.3 Å². The molecule has 150 valence electrons. The number of anilines is 1. The summed E-state index contributed by atoms with van der Waals surface area (Å²) >= 11 is -2.50. The molecule has 0 aromatic heterocycles. The monoisotopic (exact) mass is 399 g/mol. The molecule has 1 N–H and O–H groups in total. The minimum atomic E-state index is -2.50. The van der Waals surface area contributed by atoms with E-state index in [0.29, 0.717) is 12.5 Å². The first kappa shape index (κ1) is 21.2. The van der Waals surface area contributed by atoms with Crippen LogP contribution in [0.3, 0.4) is 0 Å². The zero-order valence-electron chi connectivity index (χ0n) is 15.9. The van der Waals surface area contributed by atoms with E-state index < -0.39 is 35.4 Å². The standard InChI is InChI=1S/C18H25NO7S/c1-18(2,3)26-16(20)10-19(27(22)23)14-8-7-13(17(21)24-4)9-15(14)25-11-12-5-6-12/h7-9,12H,5-6,10-11H2,1-4H3,(H,22,23). The Kier molecular flexibility index (Phi) is 6.83. The highest BCUT2D eigenvalue weighted by Gasteiger charge is 2.27. The van der Waals surface area contributed by atoms with E-state index in [-0.39, 0.29) is 17.0 Å². The molecule has 9 heteroatoms. The van der Waals surface area contributed by atoms with Crippen molar-refractivity contribution in [3.63, 3.8) is 0 Å². The molecule has 1 aliphatic carbocycles. The lowest BCUT2D eigenvalue weighted by molar-refractivity contribution is -0.152. The first-order valence-corrected chi connectivity index (χ1v) is 9.62. The van der Waals surface area contributed by atoms with Crippen molar-refractivity contribution in [2.75, 3.05) is 24.6 Å². The summed E-state index contributed by atoms with van der Waals surface area (Å²) in [6.45, 7) is 5.11. The lowest BCUT2D eigenvalue weighted by atomic mass is 10.2. The number of hydrogen-bond donors (Lipinski definition) is 1. The molecule has 0 spiro atoms. The summed E-state index contributed by atoms with van der Waals surface area (Å²) in [6.07, 6.45) is 2.11. The molecule has 0 radical (unpaired) electrons. The van der Waals surface area contributed by atoms with Gasteiger partial charge in [-0.1, -0.05) is 0 Å². The first-order valence-electron chi connectivity index (χ1n) is 8.56. The van der Waals surface area contributed by atoms with Gasteiger partial charge in [-0.15, -0.1) is 0 Å². The fourth-order valence-corrected chi connectivity index (χ4v) is 2.82. The lowest BCUT2D eigenvalue weighted by Crippen LogP contribution is -2.36. The van der Waals surface area contributed by atoms with Gasteiger partial charge < -0.3 is 14.2 Å². The molecule has 0 saturated heterocycles. The largest absolute Gasteiger partial charge is 0.491 e. The molecule has 1 aromatic carbocycles. The average Bonchev–Trinajstić information content (AvgIpc) is 3.39. The van der Waals surface area contributed by atoms with Gasteiger partial charge in [-0.25, -0.2) is 9.00 Å². The Morgan fingerprint density at radius 1 is 1.30 bits per heavy atom. The van der Waals surface area contributed by atoms with Crippen LogP contribution >= 0.6 is 0 Å². The smallest absolute Gasteiger partial charge is 0.337 e. The normalized spacial score (nSPS) is 15.0. The highest BCUT2D eigenvalue weighted by molar-refractivity contribution is 7.80. The second-order valence-electron chi connectivity index (χ2n) is 7.28. The molecule has 1 atom stereocenters. The van der Waals surface area contributed by atoms with Crippen LogP contribution in [-0.4, -0.2) is 46.6 Å². The number of methoxy groups -OCH3 is 1. The van der Waals surface area contributed by atoms with Crippen LogP contribution in [-0.2, 0) is 25.5 Å². The lowest BCUT2D eigenvalue weighted by Gasteiger charge is -2.25. The van der Waals surface area contributed by atoms with Crippen LogP contribution in [0.2, 0.25) is 0 Å². The Balaban J connectivity index is 2.30. The third-order valence-corrected chi connectivity index (χ3v) is 4.41. The third-order valence-electron chi connectivity index (χ3n) is 3.70. The quantitative estimate of drug-likeness (QED) is 0.529. The maximum absolute atomic E-state index is 12.1. The summed E-state index contributed by atoms with van der Waals surface area (Å²) in [5.74, 6) is -0.550. The Bertz CT molecular complexity index is 725. The summed E-state index contributed by atoms with van der Waals surface area (Å²) in [7, 11) is 1.26. The number of nitrogens with zero attached hydrogens (tertiary/aromatic N) is 1. The summed E-state index contributed by atoms with van der Waals surface area (Å²) in [4.78, 5) is 23.9. The SMILES string of the molecule is COC(=O)c1ccc(N(CC(=O)OC(C)(C)C)S(=O)O)c(OCC2CC2)c1. The average molecular weight is 399 g/mol. The van der Waals surface area contributed by atoms with Gasteiger partial charge in [0.2, 0.25) is 0 Å². The molecule has 1 aromatic rings. The molecule has 0 amide bonds. The maximum atomic E-state index is 12.1. The van der Waals surface area contributed by atoms with E-state index in [1.807, 2.05) is 0 Å². The molecule has 8 nitrogen and oxygen atoms in total. The van der Waals surface area contributed by atoms with Crippen molar-refractivity contribution >= 4 is 28.9 Å². The molecule has 1 fully saturated rings. The Labute approximate surface area is 161 Å². The van der Waals surface area contributed by atoms with Crippen LogP contribution in [0.25, 0.3) is 0 Å². The van der Waals surface area contributed by atoms with Gasteiger partial charge in [0, 0.05) is 0 Å². The molecule has 2 rings (SSSR count). The number of esters is 2. The minimum Gasteiger partial charge on any atom is -0.491 e. The highest BCUT2D eigenvalue weighted by Crippen LogP contribution is 2.34.